The van der Waals surface area contributed by atoms with Gasteiger partial charge >= 0.3 is 5.97 Å². The van der Waals surface area contributed by atoms with Crippen LogP contribution in [0.25, 0.3) is 0 Å². The number of benzene rings is 1. The van der Waals surface area contributed by atoms with Crippen LogP contribution in [0.1, 0.15) is 11.7 Å². The summed E-state index contributed by atoms with van der Waals surface area (Å²) in [6, 6.07) is 8.20. The van der Waals surface area contributed by atoms with Crippen molar-refractivity contribution in [2.45, 2.75) is 6.10 Å². The third-order valence-electron chi connectivity index (χ3n) is 1.43. The second-order valence-electron chi connectivity index (χ2n) is 2.22. The van der Waals surface area contributed by atoms with Crippen molar-refractivity contribution in [3.05, 3.63) is 35.9 Å². The number of rotatable bonds is 2. The van der Waals surface area contributed by atoms with Gasteiger partial charge in [-0.2, -0.15) is 5.26 Å². The summed E-state index contributed by atoms with van der Waals surface area (Å²) in [5.74, 6) is -1.08. The third-order valence-corrected chi connectivity index (χ3v) is 1.43. The van der Waals surface area contributed by atoms with Crippen molar-refractivity contribution >= 4 is 5.97 Å². The molecule has 0 saturated heterocycles. The summed E-state index contributed by atoms with van der Waals surface area (Å²) in [5.41, 5.74) is 0.386. The summed E-state index contributed by atoms with van der Waals surface area (Å²) >= 11 is 0. The highest BCUT2D eigenvalue weighted by molar-refractivity contribution is 5.75. The molecule has 1 atom stereocenters. The molecule has 13 heavy (non-hydrogen) atoms. The maximum atomic E-state index is 10.6. The van der Waals surface area contributed by atoms with Gasteiger partial charge in [0, 0.05) is 0 Å². The van der Waals surface area contributed by atoms with E-state index in [0.717, 1.165) is 0 Å². The second kappa shape index (κ2) is 5.26. The van der Waals surface area contributed by atoms with Crippen molar-refractivity contribution in [2.24, 2.45) is 0 Å². The Morgan fingerprint density at radius 2 is 1.85 bits per heavy atom. The highest BCUT2D eigenvalue weighted by atomic mass is 17.1. The quantitative estimate of drug-likeness (QED) is 0.498. The summed E-state index contributed by atoms with van der Waals surface area (Å²) in [7, 11) is 0. The van der Waals surface area contributed by atoms with Crippen LogP contribution in [-0.2, 0) is 9.68 Å². The van der Waals surface area contributed by atoms with E-state index < -0.39 is 12.1 Å². The molecule has 0 heterocycles. The molecule has 0 saturated carbocycles. The molecule has 1 aromatic carbocycles. The number of aliphatic hydroxyl groups excluding tert-OH is 1. The Bertz CT molecular complexity index is 258. The van der Waals surface area contributed by atoms with E-state index in [-0.39, 0.29) is 5.48 Å². The fourth-order valence-corrected chi connectivity index (χ4v) is 0.821. The van der Waals surface area contributed by atoms with Gasteiger partial charge in [0.25, 0.3) is 0 Å². The Hall–Kier alpha value is -1.43. The first kappa shape index (κ1) is 11.6. The summed E-state index contributed by atoms with van der Waals surface area (Å²) in [4.78, 5) is 14.0. The Labute approximate surface area is 74.4 Å². The predicted molar refractivity (Wildman–Crippen MR) is 43.7 cm³/mol. The van der Waals surface area contributed by atoms with Crippen LogP contribution in [0.4, 0.5) is 0 Å². The zero-order valence-corrected chi connectivity index (χ0v) is 6.68. The van der Waals surface area contributed by atoms with E-state index in [1.807, 2.05) is 0 Å². The van der Waals surface area contributed by atoms with Crippen LogP contribution in [-0.4, -0.2) is 21.8 Å². The minimum atomic E-state index is -1.42. The standard InChI is InChI=1S/C8H8O4.H2O/c9-7(8(10)12-11)6-4-2-1-3-5-6;/h1-5,7,9,11H;1H2. The van der Waals surface area contributed by atoms with Crippen LogP contribution < -0.4 is 0 Å². The van der Waals surface area contributed by atoms with Gasteiger partial charge in [0.15, 0.2) is 6.10 Å². The van der Waals surface area contributed by atoms with Gasteiger partial charge in [-0.25, -0.2) is 4.79 Å². The molecule has 1 unspecified atom stereocenters. The van der Waals surface area contributed by atoms with Gasteiger partial charge in [-0.3, -0.25) is 4.89 Å². The molecule has 0 fully saturated rings. The largest absolute Gasteiger partial charge is 0.412 e. The van der Waals surface area contributed by atoms with Gasteiger partial charge in [0.05, 0.1) is 0 Å². The zero-order chi connectivity index (χ0) is 8.97. The minimum Gasteiger partial charge on any atom is -0.412 e. The van der Waals surface area contributed by atoms with Gasteiger partial charge in [0.1, 0.15) is 0 Å². The van der Waals surface area contributed by atoms with Gasteiger partial charge in [-0.05, 0) is 5.56 Å². The first-order valence-electron chi connectivity index (χ1n) is 3.34. The van der Waals surface area contributed by atoms with Crippen LogP contribution in [0.3, 0.4) is 0 Å². The molecule has 0 aliphatic rings. The number of carbonyl (C=O) groups excluding carboxylic acids is 1. The number of hydrogen-bond acceptors (Lipinski definition) is 4. The molecule has 0 radical (unpaired) electrons. The van der Waals surface area contributed by atoms with Crippen LogP contribution in [0.2, 0.25) is 0 Å². The van der Waals surface area contributed by atoms with Gasteiger partial charge in [-0.1, -0.05) is 30.3 Å². The molecule has 72 valence electrons. The zero-order valence-electron chi connectivity index (χ0n) is 6.68. The monoisotopic (exact) mass is 186 g/mol. The smallest absolute Gasteiger partial charge is 0.374 e. The summed E-state index contributed by atoms with van der Waals surface area (Å²) in [6.07, 6.45) is -1.42. The molecule has 4 N–H and O–H groups in total. The van der Waals surface area contributed by atoms with E-state index in [0.29, 0.717) is 5.56 Å². The normalized spacial score (nSPS) is 11.2. The average molecular weight is 186 g/mol. The maximum Gasteiger partial charge on any atom is 0.374 e. The summed E-state index contributed by atoms with van der Waals surface area (Å²) in [5, 5.41) is 17.1. The Morgan fingerprint density at radius 3 is 2.31 bits per heavy atom. The molecule has 0 amide bonds. The SMILES string of the molecule is O.O=C(OO)C(O)c1ccccc1. The lowest BCUT2D eigenvalue weighted by molar-refractivity contribution is -0.243. The summed E-state index contributed by atoms with van der Waals surface area (Å²) in [6.45, 7) is 0. The number of hydrogen-bond donors (Lipinski definition) is 2. The summed E-state index contributed by atoms with van der Waals surface area (Å²) < 4.78 is 0. The molecule has 0 bridgehead atoms. The third kappa shape index (κ3) is 2.83. The molecule has 5 nitrogen and oxygen atoms in total. The molecular formula is C8H10O5. The molecule has 1 aromatic rings. The average Bonchev–Trinajstić information content (AvgIpc) is 2.17. The van der Waals surface area contributed by atoms with E-state index in [1.165, 1.54) is 0 Å². The first-order valence-corrected chi connectivity index (χ1v) is 3.34. The Morgan fingerprint density at radius 1 is 1.31 bits per heavy atom. The lowest BCUT2D eigenvalue weighted by Crippen LogP contribution is -2.13. The van der Waals surface area contributed by atoms with Crippen LogP contribution in [0, 0.1) is 0 Å². The lowest BCUT2D eigenvalue weighted by Gasteiger charge is -2.05. The molecule has 0 aliphatic carbocycles. The van der Waals surface area contributed by atoms with E-state index in [1.54, 1.807) is 30.3 Å². The molecule has 0 aromatic heterocycles. The molecule has 1 rings (SSSR count). The van der Waals surface area contributed by atoms with Crippen LogP contribution in [0.5, 0.6) is 0 Å². The molecule has 0 spiro atoms. The minimum absolute atomic E-state index is 0. The van der Waals surface area contributed by atoms with E-state index >= 15 is 0 Å². The highest BCUT2D eigenvalue weighted by Gasteiger charge is 2.18. The Balaban J connectivity index is 0.00000144. The van der Waals surface area contributed by atoms with Crippen LogP contribution >= 0.6 is 0 Å². The van der Waals surface area contributed by atoms with E-state index in [4.69, 9.17) is 10.4 Å². The molecule has 0 aliphatic heterocycles. The van der Waals surface area contributed by atoms with Gasteiger partial charge in [-0.15, -0.1) is 0 Å². The number of carbonyl (C=O) groups is 1. The van der Waals surface area contributed by atoms with Crippen molar-refractivity contribution < 1.29 is 25.5 Å². The Kier molecular flexibility index (Phi) is 4.68. The van der Waals surface area contributed by atoms with Crippen molar-refractivity contribution in [1.82, 2.24) is 0 Å². The van der Waals surface area contributed by atoms with Crippen LogP contribution in [0.15, 0.2) is 30.3 Å². The molecular weight excluding hydrogens is 176 g/mol. The van der Waals surface area contributed by atoms with Crippen molar-refractivity contribution in [1.29, 1.82) is 0 Å². The fourth-order valence-electron chi connectivity index (χ4n) is 0.821. The van der Waals surface area contributed by atoms with E-state index in [2.05, 4.69) is 4.89 Å². The highest BCUT2D eigenvalue weighted by Crippen LogP contribution is 2.12. The van der Waals surface area contributed by atoms with Crippen molar-refractivity contribution in [2.75, 3.05) is 0 Å². The second-order valence-corrected chi connectivity index (χ2v) is 2.22. The fraction of sp³-hybridized carbons (Fsp3) is 0.125. The van der Waals surface area contributed by atoms with Crippen molar-refractivity contribution in [3.8, 4) is 0 Å². The van der Waals surface area contributed by atoms with Gasteiger partial charge in [0.2, 0.25) is 0 Å². The topological polar surface area (TPSA) is 98.3 Å². The van der Waals surface area contributed by atoms with E-state index in [9.17, 15) is 4.79 Å². The first-order chi connectivity index (χ1) is 5.75. The number of aliphatic hydroxyl groups is 1. The maximum absolute atomic E-state index is 10.6. The molecule has 5 heteroatoms. The lowest BCUT2D eigenvalue weighted by atomic mass is 10.1. The predicted octanol–water partition coefficient (Wildman–Crippen LogP) is -0.0885. The van der Waals surface area contributed by atoms with Crippen molar-refractivity contribution in [3.63, 3.8) is 0 Å². The van der Waals surface area contributed by atoms with Gasteiger partial charge < -0.3 is 10.6 Å².